The van der Waals surface area contributed by atoms with Crippen molar-refractivity contribution in [3.8, 4) is 0 Å². The molecule has 3 aromatic heterocycles. The molecule has 3 aromatic carbocycles. The molecule has 0 aliphatic heterocycles. The summed E-state index contributed by atoms with van der Waals surface area (Å²) in [6.45, 7) is 0.873. The first kappa shape index (κ1) is 24.7. The summed E-state index contributed by atoms with van der Waals surface area (Å²) in [5.41, 5.74) is 3.56. The number of hydrogen-bond donors (Lipinski definition) is 2. The Balaban J connectivity index is 1.32. The van der Waals surface area contributed by atoms with Gasteiger partial charge in [0.25, 0.3) is 0 Å². The second-order valence-electron chi connectivity index (χ2n) is 9.44. The molecule has 0 saturated heterocycles. The second-order valence-corrected chi connectivity index (χ2v) is 9.87. The van der Waals surface area contributed by atoms with Gasteiger partial charge in [-0.15, -0.1) is 0 Å². The van der Waals surface area contributed by atoms with Crippen molar-refractivity contribution >= 4 is 22.5 Å². The minimum atomic E-state index is -0.331. The number of halogens is 1. The Hall–Kier alpha value is -4.63. The number of aromatic nitrogens is 7. The van der Waals surface area contributed by atoms with Crippen LogP contribution in [0.5, 0.6) is 0 Å². The number of fused-ring (bicyclic) bond motifs is 1. The van der Waals surface area contributed by atoms with E-state index in [1.54, 1.807) is 4.57 Å². The van der Waals surface area contributed by atoms with Gasteiger partial charge in [-0.25, -0.2) is 19.4 Å². The summed E-state index contributed by atoms with van der Waals surface area (Å²) < 4.78 is 4.63. The lowest BCUT2D eigenvalue weighted by molar-refractivity contribution is 0.575. The lowest BCUT2D eigenvalue weighted by Gasteiger charge is -2.06. The molecule has 2 N–H and O–H groups in total. The van der Waals surface area contributed by atoms with Crippen molar-refractivity contribution in [1.29, 1.82) is 0 Å². The summed E-state index contributed by atoms with van der Waals surface area (Å²) in [6, 6.07) is 25.3. The summed E-state index contributed by atoms with van der Waals surface area (Å²) in [4.78, 5) is 29.5. The summed E-state index contributed by atoms with van der Waals surface area (Å²) in [5.74, 6) is 1.07. The van der Waals surface area contributed by atoms with Gasteiger partial charge in [0.05, 0.1) is 6.54 Å². The molecule has 39 heavy (non-hydrogen) atoms. The van der Waals surface area contributed by atoms with Crippen LogP contribution in [0, 0.1) is 0 Å². The highest BCUT2D eigenvalue weighted by Gasteiger charge is 2.18. The van der Waals surface area contributed by atoms with Crippen molar-refractivity contribution in [1.82, 2.24) is 34.1 Å². The van der Waals surface area contributed by atoms with E-state index in [9.17, 15) is 9.59 Å². The molecule has 196 valence electrons. The summed E-state index contributed by atoms with van der Waals surface area (Å²) in [6.07, 6.45) is 3.11. The lowest BCUT2D eigenvalue weighted by atomic mass is 10.1. The number of nitrogens with zero attached hydrogens (tertiary/aromatic N) is 5. The SMILES string of the molecule is O=c1[nH]nc(Cn2nc(Cc3ccc(Cl)cc3)n(CCc3c[nH]c4ccccc34)c2=O)n1Cc1ccccc1. The van der Waals surface area contributed by atoms with Gasteiger partial charge >= 0.3 is 11.4 Å². The van der Waals surface area contributed by atoms with E-state index in [2.05, 4.69) is 21.2 Å². The highest BCUT2D eigenvalue weighted by atomic mass is 35.5. The van der Waals surface area contributed by atoms with Gasteiger partial charge < -0.3 is 4.98 Å². The van der Waals surface area contributed by atoms with E-state index >= 15 is 0 Å². The highest BCUT2D eigenvalue weighted by molar-refractivity contribution is 6.30. The summed E-state index contributed by atoms with van der Waals surface area (Å²) in [7, 11) is 0. The molecule has 0 bridgehead atoms. The third kappa shape index (κ3) is 5.21. The van der Waals surface area contributed by atoms with Crippen LogP contribution >= 0.6 is 11.6 Å². The number of H-pyrrole nitrogens is 2. The van der Waals surface area contributed by atoms with Gasteiger partial charge in [-0.05, 0) is 41.3 Å². The predicted octanol–water partition coefficient (Wildman–Crippen LogP) is 3.99. The fourth-order valence-corrected chi connectivity index (χ4v) is 4.96. The fraction of sp³-hybridized carbons (Fsp3) is 0.172. The van der Waals surface area contributed by atoms with Crippen molar-refractivity contribution < 1.29 is 0 Å². The minimum absolute atomic E-state index is 0.0676. The third-order valence-electron chi connectivity index (χ3n) is 6.87. The van der Waals surface area contributed by atoms with Crippen LogP contribution in [0.4, 0.5) is 0 Å². The molecule has 9 nitrogen and oxygen atoms in total. The van der Waals surface area contributed by atoms with Crippen molar-refractivity contribution in [2.45, 2.75) is 32.5 Å². The average Bonchev–Trinajstić information content (AvgIpc) is 3.61. The summed E-state index contributed by atoms with van der Waals surface area (Å²) in [5, 5.41) is 13.2. The van der Waals surface area contributed by atoms with E-state index < -0.39 is 0 Å². The van der Waals surface area contributed by atoms with Crippen molar-refractivity contribution in [3.05, 3.63) is 139 Å². The van der Waals surface area contributed by atoms with E-state index in [4.69, 9.17) is 16.7 Å². The highest BCUT2D eigenvalue weighted by Crippen LogP contribution is 2.19. The third-order valence-corrected chi connectivity index (χ3v) is 7.12. The van der Waals surface area contributed by atoms with Crippen LogP contribution in [0.15, 0.2) is 94.6 Å². The van der Waals surface area contributed by atoms with Gasteiger partial charge in [0.15, 0.2) is 5.82 Å². The number of aromatic amines is 2. The van der Waals surface area contributed by atoms with Crippen molar-refractivity contribution in [2.75, 3.05) is 0 Å². The number of aryl methyl sites for hydroxylation is 1. The first-order valence-electron chi connectivity index (χ1n) is 12.7. The molecule has 0 fully saturated rings. The number of para-hydroxylation sites is 1. The van der Waals surface area contributed by atoms with Gasteiger partial charge in [-0.2, -0.15) is 10.2 Å². The number of hydrogen-bond acceptors (Lipinski definition) is 4. The molecule has 0 amide bonds. The van der Waals surface area contributed by atoms with Crippen LogP contribution < -0.4 is 11.4 Å². The molecule has 6 rings (SSSR count). The zero-order valence-electron chi connectivity index (χ0n) is 21.0. The average molecular weight is 540 g/mol. The van der Waals surface area contributed by atoms with Gasteiger partial charge in [-0.3, -0.25) is 9.13 Å². The Morgan fingerprint density at radius 1 is 0.795 bits per heavy atom. The van der Waals surface area contributed by atoms with Crippen LogP contribution in [-0.4, -0.2) is 34.1 Å². The van der Waals surface area contributed by atoms with E-state index in [-0.39, 0.29) is 17.9 Å². The first-order valence-corrected chi connectivity index (χ1v) is 13.1. The fourth-order valence-electron chi connectivity index (χ4n) is 4.83. The Bertz CT molecular complexity index is 1840. The molecular formula is C29H26ClN7O2. The van der Waals surface area contributed by atoms with E-state index in [1.165, 1.54) is 9.25 Å². The van der Waals surface area contributed by atoms with Crippen LogP contribution in [0.3, 0.4) is 0 Å². The Kier molecular flexibility index (Phi) is 6.73. The van der Waals surface area contributed by atoms with E-state index in [0.29, 0.717) is 42.6 Å². The largest absolute Gasteiger partial charge is 0.361 e. The number of rotatable bonds is 9. The molecule has 3 heterocycles. The zero-order valence-corrected chi connectivity index (χ0v) is 21.8. The van der Waals surface area contributed by atoms with Crippen LogP contribution in [0.1, 0.15) is 28.3 Å². The Morgan fingerprint density at radius 2 is 1.56 bits per heavy atom. The molecule has 0 aliphatic rings. The normalized spacial score (nSPS) is 11.4. The molecule has 0 atom stereocenters. The Morgan fingerprint density at radius 3 is 2.38 bits per heavy atom. The van der Waals surface area contributed by atoms with Crippen LogP contribution in [-0.2, 0) is 32.5 Å². The molecule has 6 aromatic rings. The van der Waals surface area contributed by atoms with Crippen molar-refractivity contribution in [3.63, 3.8) is 0 Å². The zero-order chi connectivity index (χ0) is 26.8. The van der Waals surface area contributed by atoms with E-state index in [1.807, 2.05) is 79.0 Å². The maximum Gasteiger partial charge on any atom is 0.346 e. The molecule has 0 spiro atoms. The molecule has 10 heteroatoms. The molecule has 0 unspecified atom stereocenters. The van der Waals surface area contributed by atoms with Crippen LogP contribution in [0.2, 0.25) is 5.02 Å². The predicted molar refractivity (Wildman–Crippen MR) is 150 cm³/mol. The smallest absolute Gasteiger partial charge is 0.346 e. The number of nitrogens with one attached hydrogen (secondary N) is 2. The monoisotopic (exact) mass is 539 g/mol. The van der Waals surface area contributed by atoms with E-state index in [0.717, 1.165) is 27.6 Å². The maximum atomic E-state index is 13.6. The molecule has 0 radical (unpaired) electrons. The van der Waals surface area contributed by atoms with Gasteiger partial charge in [0.2, 0.25) is 0 Å². The van der Waals surface area contributed by atoms with Gasteiger partial charge in [0.1, 0.15) is 12.4 Å². The summed E-state index contributed by atoms with van der Waals surface area (Å²) >= 11 is 6.08. The minimum Gasteiger partial charge on any atom is -0.361 e. The number of benzene rings is 3. The molecular weight excluding hydrogens is 514 g/mol. The topological polar surface area (TPSA) is 106 Å². The van der Waals surface area contributed by atoms with Crippen molar-refractivity contribution in [2.24, 2.45) is 0 Å². The van der Waals surface area contributed by atoms with Gasteiger partial charge in [0, 0.05) is 35.1 Å². The molecule has 0 aliphatic carbocycles. The standard InChI is InChI=1S/C29H26ClN7O2/c30-23-12-10-20(11-13-23)16-26-34-37(19-27-32-33-28(38)36(27)18-21-6-2-1-3-7-21)29(39)35(26)15-14-22-17-31-25-9-5-4-8-24(22)25/h1-13,17,31H,14-16,18-19H2,(H,33,38). The van der Waals surface area contributed by atoms with Gasteiger partial charge in [-0.1, -0.05) is 72.3 Å². The Labute approximate surface area is 228 Å². The second kappa shape index (κ2) is 10.6. The first-order chi connectivity index (χ1) is 19.0. The maximum absolute atomic E-state index is 13.6. The molecule has 0 saturated carbocycles. The lowest BCUT2D eigenvalue weighted by Crippen LogP contribution is -2.28. The quantitative estimate of drug-likeness (QED) is 0.290. The van der Waals surface area contributed by atoms with Crippen LogP contribution in [0.25, 0.3) is 10.9 Å².